The Balaban J connectivity index is 1.77. The number of aliphatic carboxylic acids is 2. The number of carboxylic acid groups (broad SMARTS) is 2. The number of hydrogen-bond acceptors (Lipinski definition) is 7. The van der Waals surface area contributed by atoms with Crippen molar-refractivity contribution in [2.75, 3.05) is 7.11 Å². The number of allylic oxidation sites excluding steroid dienone is 2. The van der Waals surface area contributed by atoms with E-state index < -0.39 is 30.3 Å². The number of hydrogen-bond donors (Lipinski definition) is 5. The minimum Gasteiger partial charge on any atom is -0.481 e. The smallest absolute Gasteiger partial charge is 0.326 e. The number of methoxy groups -OCH3 is 1. The highest BCUT2D eigenvalue weighted by Crippen LogP contribution is 2.44. The molecule has 5 N–H and O–H groups in total. The average molecular weight is 736 g/mol. The van der Waals surface area contributed by atoms with E-state index in [9.17, 15) is 24.3 Å². The number of aryl methyl sites for hydroxylation is 2. The Labute approximate surface area is 314 Å². The summed E-state index contributed by atoms with van der Waals surface area (Å²) in [6.07, 6.45) is 6.56. The Morgan fingerprint density at radius 2 is 1.46 bits per heavy atom. The molecule has 12 nitrogen and oxygen atoms in total. The van der Waals surface area contributed by atoms with Gasteiger partial charge in [0.05, 0.1) is 24.9 Å². The molecule has 284 valence electrons. The van der Waals surface area contributed by atoms with Gasteiger partial charge >= 0.3 is 17.9 Å². The van der Waals surface area contributed by atoms with Gasteiger partial charge in [-0.3, -0.25) is 19.4 Å². The summed E-state index contributed by atoms with van der Waals surface area (Å²) in [5.74, 6) is -3.75. The molecule has 0 saturated carbocycles. The van der Waals surface area contributed by atoms with E-state index in [4.69, 9.17) is 19.8 Å². The fourth-order valence-corrected chi connectivity index (χ4v) is 7.50. The number of nitrogens with one attached hydrogen (secondary N) is 3. The summed E-state index contributed by atoms with van der Waals surface area (Å²) in [6.45, 7) is 16.4. The number of unbranched alkanes of at least 4 members (excludes halogenated alkanes) is 1. The molecule has 2 aliphatic rings. The van der Waals surface area contributed by atoms with Crippen molar-refractivity contribution in [2.45, 2.75) is 96.9 Å². The van der Waals surface area contributed by atoms with Gasteiger partial charge in [0.25, 0.3) is 0 Å². The third-order valence-electron chi connectivity index (χ3n) is 10.6. The van der Waals surface area contributed by atoms with E-state index in [1.54, 1.807) is 6.08 Å². The molecule has 12 heteroatoms. The number of rotatable bonds is 15. The Morgan fingerprint density at radius 3 is 2.06 bits per heavy atom. The van der Waals surface area contributed by atoms with Crippen LogP contribution in [0.3, 0.4) is 0 Å². The molecule has 3 aromatic rings. The molecular formula is C42H49N5O7. The molecule has 5 rings (SSSR count). The van der Waals surface area contributed by atoms with Gasteiger partial charge in [-0.2, -0.15) is 0 Å². The first kappa shape index (κ1) is 39.4. The quantitative estimate of drug-likeness (QED) is 0.0965. The topological polar surface area (TPSA) is 187 Å². The second-order valence-corrected chi connectivity index (χ2v) is 13.9. The molecule has 0 aromatic carbocycles. The van der Waals surface area contributed by atoms with E-state index in [1.165, 1.54) is 7.11 Å². The molecule has 5 heterocycles. The predicted octanol–water partition coefficient (Wildman–Crippen LogP) is 7.98. The second kappa shape index (κ2) is 16.9. The van der Waals surface area contributed by atoms with Crippen LogP contribution in [0.2, 0.25) is 0 Å². The summed E-state index contributed by atoms with van der Waals surface area (Å²) in [5, 5.41) is 21.0. The van der Waals surface area contributed by atoms with Gasteiger partial charge < -0.3 is 30.2 Å². The molecule has 0 spiro atoms. The number of aromatic nitrogens is 4. The number of amides is 1. The number of carbonyl (C=O) groups excluding carboxylic acids is 2. The Kier molecular flexibility index (Phi) is 12.4. The number of fused-ring (bicyclic) bond motifs is 8. The lowest BCUT2D eigenvalue weighted by Gasteiger charge is -2.20. The monoisotopic (exact) mass is 735 g/mol. The number of carboxylic acids is 2. The van der Waals surface area contributed by atoms with Crippen molar-refractivity contribution in [3.05, 3.63) is 82.5 Å². The Hall–Kier alpha value is -5.78. The highest BCUT2D eigenvalue weighted by atomic mass is 16.5. The van der Waals surface area contributed by atoms with Crippen molar-refractivity contribution in [1.82, 2.24) is 25.3 Å². The zero-order valence-electron chi connectivity index (χ0n) is 31.6. The summed E-state index contributed by atoms with van der Waals surface area (Å²) in [4.78, 5) is 65.9. The summed E-state index contributed by atoms with van der Waals surface area (Å²) >= 11 is 0. The average Bonchev–Trinajstić information content (AvgIpc) is 3.80. The number of aromatic amines is 2. The molecule has 3 aromatic heterocycles. The Bertz CT molecular complexity index is 2210. The summed E-state index contributed by atoms with van der Waals surface area (Å²) in [7, 11) is 1.38. The van der Waals surface area contributed by atoms with Crippen molar-refractivity contribution in [1.29, 1.82) is 0 Å². The van der Waals surface area contributed by atoms with E-state index >= 15 is 0 Å². The van der Waals surface area contributed by atoms with Gasteiger partial charge in [-0.15, -0.1) is 0 Å². The van der Waals surface area contributed by atoms with Crippen molar-refractivity contribution in [3.63, 3.8) is 0 Å². The number of ether oxygens (including phenoxy) is 1. The molecule has 2 unspecified atom stereocenters. The summed E-state index contributed by atoms with van der Waals surface area (Å²) in [6, 6.07) is 6.52. The first-order valence-corrected chi connectivity index (χ1v) is 18.3. The summed E-state index contributed by atoms with van der Waals surface area (Å²) in [5.41, 5.74) is 12.0. The van der Waals surface area contributed by atoms with E-state index in [2.05, 4.69) is 54.4 Å². The number of nitrogens with zero attached hydrogens (tertiary/aromatic N) is 2. The predicted molar refractivity (Wildman–Crippen MR) is 210 cm³/mol. The lowest BCUT2D eigenvalue weighted by molar-refractivity contribution is -0.147. The second-order valence-electron chi connectivity index (χ2n) is 13.9. The maximum atomic E-state index is 13.0. The minimum absolute atomic E-state index is 0.0142. The maximum absolute atomic E-state index is 13.0. The molecule has 0 saturated heterocycles. The van der Waals surface area contributed by atoms with Crippen molar-refractivity contribution in [2.24, 2.45) is 0 Å². The first-order chi connectivity index (χ1) is 25.8. The third kappa shape index (κ3) is 8.38. The zero-order chi connectivity index (χ0) is 39.3. The SMILES string of the molecule is C=Cc1c(C)c2cc3[nH]c(cc4nc(cc5nc(cc1[nH]2)C(C)=C5CCC(=O)N[C@@H](CC(=O)O)C(=O)O)C(CCC(=O)OC)C4CCCC)c(C)c3C=C. The molecule has 1 amide bonds. The number of carbonyl (C=O) groups is 4. The van der Waals surface area contributed by atoms with E-state index in [0.29, 0.717) is 17.8 Å². The molecule has 54 heavy (non-hydrogen) atoms. The van der Waals surface area contributed by atoms with Crippen LogP contribution in [0.4, 0.5) is 0 Å². The van der Waals surface area contributed by atoms with Crippen LogP contribution in [0.1, 0.15) is 122 Å². The van der Waals surface area contributed by atoms with Crippen LogP contribution in [-0.4, -0.2) is 67.1 Å². The van der Waals surface area contributed by atoms with E-state index in [1.807, 2.05) is 32.1 Å². The van der Waals surface area contributed by atoms with Crippen molar-refractivity contribution in [3.8, 4) is 0 Å². The maximum Gasteiger partial charge on any atom is 0.326 e. The molecular weight excluding hydrogens is 686 g/mol. The zero-order valence-corrected chi connectivity index (χ0v) is 31.6. The standard InChI is InChI=1S/C42H49N5O7/c1-8-11-12-28-29(14-16-41(51)54-7)37-20-35-27(13-15-39(48)47-38(42(52)53)21-40(49)50)24(6)32(45-35)18-34-25(9-2)22(4)30(43-34)17-33-26(10-3)23(5)31(44-33)19-36(28)46-37/h9-10,17-20,28-29,38,43-44H,2-3,8,11-16,21H2,1,4-7H3,(H,47,48)(H,49,50)(H,52,53)/t28?,29?,38-/m0/s1. The number of esters is 1. The van der Waals surface area contributed by atoms with Gasteiger partial charge in [0.2, 0.25) is 5.91 Å². The lowest BCUT2D eigenvalue weighted by Crippen LogP contribution is -2.42. The van der Waals surface area contributed by atoms with Crippen molar-refractivity contribution >= 4 is 69.2 Å². The summed E-state index contributed by atoms with van der Waals surface area (Å²) < 4.78 is 5.03. The normalized spacial score (nSPS) is 15.8. The van der Waals surface area contributed by atoms with Crippen LogP contribution >= 0.6 is 0 Å². The van der Waals surface area contributed by atoms with Gasteiger partial charge in [-0.1, -0.05) is 45.1 Å². The molecule has 0 radical (unpaired) electrons. The first-order valence-electron chi connectivity index (χ1n) is 18.3. The van der Waals surface area contributed by atoms with Crippen LogP contribution in [0.15, 0.2) is 37.4 Å². The van der Waals surface area contributed by atoms with Gasteiger partial charge in [0, 0.05) is 69.3 Å². The lowest BCUT2D eigenvalue weighted by atomic mass is 9.82. The largest absolute Gasteiger partial charge is 0.481 e. The van der Waals surface area contributed by atoms with E-state index in [0.717, 1.165) is 86.1 Å². The van der Waals surface area contributed by atoms with Gasteiger partial charge in [0.15, 0.2) is 0 Å². The molecule has 0 aliphatic carbocycles. The third-order valence-corrected chi connectivity index (χ3v) is 10.6. The fourth-order valence-electron chi connectivity index (χ4n) is 7.50. The number of H-pyrrole nitrogens is 2. The molecule has 2 aliphatic heterocycles. The van der Waals surface area contributed by atoms with E-state index in [-0.39, 0.29) is 37.1 Å². The van der Waals surface area contributed by atoms with Crippen LogP contribution in [0, 0.1) is 13.8 Å². The van der Waals surface area contributed by atoms with Crippen LogP contribution in [-0.2, 0) is 23.9 Å². The van der Waals surface area contributed by atoms with Gasteiger partial charge in [-0.05, 0) is 86.6 Å². The minimum atomic E-state index is -1.55. The van der Waals surface area contributed by atoms with Gasteiger partial charge in [-0.25, -0.2) is 9.78 Å². The van der Waals surface area contributed by atoms with Crippen LogP contribution < -0.4 is 5.32 Å². The molecule has 8 bridgehead atoms. The van der Waals surface area contributed by atoms with Crippen LogP contribution in [0.5, 0.6) is 0 Å². The molecule has 3 atom stereocenters. The van der Waals surface area contributed by atoms with Crippen molar-refractivity contribution < 1.29 is 34.1 Å². The molecule has 0 fully saturated rings. The Morgan fingerprint density at radius 1 is 0.852 bits per heavy atom. The highest BCUT2D eigenvalue weighted by molar-refractivity contribution is 5.95. The van der Waals surface area contributed by atoms with Gasteiger partial charge in [0.1, 0.15) is 6.04 Å². The van der Waals surface area contributed by atoms with Crippen LogP contribution in [0.25, 0.3) is 45.4 Å². The fraction of sp³-hybridized carbons (Fsp3) is 0.381. The highest BCUT2D eigenvalue weighted by Gasteiger charge is 2.33.